The third kappa shape index (κ3) is 2.43. The van der Waals surface area contributed by atoms with E-state index in [9.17, 15) is 8.42 Å². The van der Waals surface area contributed by atoms with Crippen molar-refractivity contribution in [1.82, 2.24) is 0 Å². The smallest absolute Gasteiger partial charge is 0.261 e. The van der Waals surface area contributed by atoms with Gasteiger partial charge < -0.3 is 4.42 Å². The van der Waals surface area contributed by atoms with Crippen LogP contribution < -0.4 is 4.72 Å². The van der Waals surface area contributed by atoms with Crippen molar-refractivity contribution in [3.63, 3.8) is 0 Å². The van der Waals surface area contributed by atoms with Crippen molar-refractivity contribution in [3.8, 4) is 0 Å². The summed E-state index contributed by atoms with van der Waals surface area (Å²) in [4.78, 5) is 0.234. The predicted molar refractivity (Wildman–Crippen MR) is 95.7 cm³/mol. The number of aryl methyl sites for hydroxylation is 1. The molecule has 0 radical (unpaired) electrons. The summed E-state index contributed by atoms with van der Waals surface area (Å²) in [7, 11) is -3.66. The van der Waals surface area contributed by atoms with E-state index in [-0.39, 0.29) is 4.90 Å². The van der Waals surface area contributed by atoms with E-state index in [2.05, 4.69) is 4.72 Å². The molecular formula is C19H15NO3S. The maximum atomic E-state index is 12.7. The molecular weight excluding hydrogens is 322 g/mol. The quantitative estimate of drug-likeness (QED) is 0.590. The van der Waals surface area contributed by atoms with Crippen LogP contribution in [0.2, 0.25) is 0 Å². The summed E-state index contributed by atoms with van der Waals surface area (Å²) in [6.45, 7) is 1.92. The number of hydrogen-bond acceptors (Lipinski definition) is 3. The SMILES string of the molecule is Cc1ccc(S(=O)(=O)Nc2cc3ccccc3c3occc23)cc1. The Kier molecular flexibility index (Phi) is 3.32. The van der Waals surface area contributed by atoms with E-state index in [1.54, 1.807) is 36.6 Å². The summed E-state index contributed by atoms with van der Waals surface area (Å²) >= 11 is 0. The number of hydrogen-bond donors (Lipinski definition) is 1. The highest BCUT2D eigenvalue weighted by Gasteiger charge is 2.17. The van der Waals surface area contributed by atoms with Crippen molar-refractivity contribution in [1.29, 1.82) is 0 Å². The van der Waals surface area contributed by atoms with Crippen molar-refractivity contribution >= 4 is 37.5 Å². The number of nitrogens with one attached hydrogen (secondary N) is 1. The molecule has 0 saturated heterocycles. The van der Waals surface area contributed by atoms with Crippen molar-refractivity contribution in [2.45, 2.75) is 11.8 Å². The van der Waals surface area contributed by atoms with Crippen LogP contribution in [0.4, 0.5) is 5.69 Å². The van der Waals surface area contributed by atoms with Crippen LogP contribution in [-0.4, -0.2) is 8.42 Å². The Hall–Kier alpha value is -2.79. The molecule has 4 rings (SSSR count). The molecule has 0 aliphatic rings. The van der Waals surface area contributed by atoms with Gasteiger partial charge in [0.25, 0.3) is 10.0 Å². The van der Waals surface area contributed by atoms with Crippen molar-refractivity contribution in [2.75, 3.05) is 4.72 Å². The molecule has 0 amide bonds. The monoisotopic (exact) mass is 337 g/mol. The highest BCUT2D eigenvalue weighted by Crippen LogP contribution is 2.33. The summed E-state index contributed by atoms with van der Waals surface area (Å²) in [5.74, 6) is 0. The molecule has 1 N–H and O–H groups in total. The molecule has 0 saturated carbocycles. The number of furan rings is 1. The second-order valence-electron chi connectivity index (χ2n) is 5.73. The molecule has 3 aromatic carbocycles. The average molecular weight is 337 g/mol. The third-order valence-electron chi connectivity index (χ3n) is 4.04. The van der Waals surface area contributed by atoms with Crippen LogP contribution in [0.5, 0.6) is 0 Å². The molecule has 0 fully saturated rings. The average Bonchev–Trinajstić information content (AvgIpc) is 3.05. The van der Waals surface area contributed by atoms with Gasteiger partial charge in [-0.1, -0.05) is 42.0 Å². The predicted octanol–water partition coefficient (Wildman–Crippen LogP) is 4.70. The van der Waals surface area contributed by atoms with Crippen LogP contribution in [0.15, 0.2) is 76.2 Å². The molecule has 0 aliphatic carbocycles. The molecule has 0 unspecified atom stereocenters. The van der Waals surface area contributed by atoms with Gasteiger partial charge in [-0.15, -0.1) is 0 Å². The van der Waals surface area contributed by atoms with Crippen LogP contribution in [0, 0.1) is 6.92 Å². The summed E-state index contributed by atoms with van der Waals surface area (Å²) in [6, 6.07) is 18.1. The minimum absolute atomic E-state index is 0.234. The normalized spacial score (nSPS) is 11.9. The Labute approximate surface area is 139 Å². The first-order chi connectivity index (χ1) is 11.5. The lowest BCUT2D eigenvalue weighted by atomic mass is 10.1. The Balaban J connectivity index is 1.86. The van der Waals surface area contributed by atoms with Crippen LogP contribution in [0.25, 0.3) is 21.7 Å². The number of fused-ring (bicyclic) bond motifs is 3. The first-order valence-corrected chi connectivity index (χ1v) is 9.01. The van der Waals surface area contributed by atoms with E-state index in [0.29, 0.717) is 11.3 Å². The van der Waals surface area contributed by atoms with Gasteiger partial charge in [-0.05, 0) is 36.6 Å². The molecule has 4 aromatic rings. The topological polar surface area (TPSA) is 59.3 Å². The second-order valence-corrected chi connectivity index (χ2v) is 7.41. The fourth-order valence-corrected chi connectivity index (χ4v) is 3.87. The summed E-state index contributed by atoms with van der Waals surface area (Å²) in [5.41, 5.74) is 2.20. The van der Waals surface area contributed by atoms with Crippen LogP contribution in [0.3, 0.4) is 0 Å². The Morgan fingerprint density at radius 3 is 2.46 bits per heavy atom. The molecule has 24 heavy (non-hydrogen) atoms. The minimum atomic E-state index is -3.66. The second kappa shape index (κ2) is 5.39. The van der Waals surface area contributed by atoms with E-state index in [1.165, 1.54) is 0 Å². The first-order valence-electron chi connectivity index (χ1n) is 7.53. The van der Waals surface area contributed by atoms with Gasteiger partial charge >= 0.3 is 0 Å². The number of sulfonamides is 1. The van der Waals surface area contributed by atoms with E-state index in [1.807, 2.05) is 37.3 Å². The van der Waals surface area contributed by atoms with Gasteiger partial charge in [0.2, 0.25) is 0 Å². The first kappa shape index (κ1) is 14.8. The van der Waals surface area contributed by atoms with E-state index in [4.69, 9.17) is 4.42 Å². The van der Waals surface area contributed by atoms with E-state index >= 15 is 0 Å². The van der Waals surface area contributed by atoms with E-state index < -0.39 is 10.0 Å². The van der Waals surface area contributed by atoms with Gasteiger partial charge in [-0.2, -0.15) is 0 Å². The molecule has 0 bridgehead atoms. The zero-order chi connectivity index (χ0) is 16.7. The zero-order valence-electron chi connectivity index (χ0n) is 13.0. The van der Waals surface area contributed by atoms with Gasteiger partial charge in [-0.3, -0.25) is 4.72 Å². The van der Waals surface area contributed by atoms with Crippen LogP contribution in [0.1, 0.15) is 5.56 Å². The maximum Gasteiger partial charge on any atom is 0.261 e. The van der Waals surface area contributed by atoms with Crippen LogP contribution >= 0.6 is 0 Å². The van der Waals surface area contributed by atoms with Gasteiger partial charge in [0.05, 0.1) is 16.8 Å². The highest BCUT2D eigenvalue weighted by molar-refractivity contribution is 7.92. The molecule has 0 aliphatic heterocycles. The van der Waals surface area contributed by atoms with Crippen molar-refractivity contribution < 1.29 is 12.8 Å². The summed E-state index contributed by atoms with van der Waals surface area (Å²) in [6.07, 6.45) is 1.57. The molecule has 5 heteroatoms. The minimum Gasteiger partial charge on any atom is -0.464 e. The Bertz CT molecular complexity index is 1140. The third-order valence-corrected chi connectivity index (χ3v) is 5.42. The Morgan fingerprint density at radius 2 is 1.67 bits per heavy atom. The number of rotatable bonds is 3. The highest BCUT2D eigenvalue weighted by atomic mass is 32.2. The molecule has 120 valence electrons. The van der Waals surface area contributed by atoms with Gasteiger partial charge in [0.15, 0.2) is 0 Å². The summed E-state index contributed by atoms with van der Waals surface area (Å²) in [5, 5.41) is 2.61. The largest absolute Gasteiger partial charge is 0.464 e. The Morgan fingerprint density at radius 1 is 0.917 bits per heavy atom. The standard InChI is InChI=1S/C19H15NO3S/c1-13-6-8-15(9-7-13)24(21,22)20-18-12-14-4-2-3-5-16(14)19-17(18)10-11-23-19/h2-12,20H,1H3. The molecule has 1 heterocycles. The van der Waals surface area contributed by atoms with Gasteiger partial charge in [0.1, 0.15) is 5.58 Å². The lowest BCUT2D eigenvalue weighted by Gasteiger charge is -2.11. The van der Waals surface area contributed by atoms with Crippen molar-refractivity contribution in [3.05, 3.63) is 72.5 Å². The molecule has 1 aromatic heterocycles. The maximum absolute atomic E-state index is 12.7. The number of anilines is 1. The summed E-state index contributed by atoms with van der Waals surface area (Å²) < 4.78 is 33.6. The lowest BCUT2D eigenvalue weighted by molar-refractivity contribution is 0.601. The van der Waals surface area contributed by atoms with Crippen LogP contribution in [-0.2, 0) is 10.0 Å². The van der Waals surface area contributed by atoms with Crippen molar-refractivity contribution in [2.24, 2.45) is 0 Å². The van der Waals surface area contributed by atoms with Gasteiger partial charge in [-0.25, -0.2) is 8.42 Å². The van der Waals surface area contributed by atoms with Gasteiger partial charge in [0, 0.05) is 10.8 Å². The molecule has 4 nitrogen and oxygen atoms in total. The fourth-order valence-electron chi connectivity index (χ4n) is 2.80. The fraction of sp³-hybridized carbons (Fsp3) is 0.0526. The zero-order valence-corrected chi connectivity index (χ0v) is 13.8. The molecule has 0 spiro atoms. The molecule has 0 atom stereocenters. The number of benzene rings is 3. The lowest BCUT2D eigenvalue weighted by Crippen LogP contribution is -2.13. The van der Waals surface area contributed by atoms with E-state index in [0.717, 1.165) is 21.7 Å².